The number of hydrogen-bond acceptors (Lipinski definition) is 5. The second-order valence-corrected chi connectivity index (χ2v) is 6.11. The Balaban J connectivity index is 1.94. The molecule has 0 heterocycles. The van der Waals surface area contributed by atoms with Gasteiger partial charge in [-0.3, -0.25) is 4.79 Å². The topological polar surface area (TPSA) is 73.9 Å². The SMILES string of the molecule is CCOc1c(Cl)cc(C(=O)OCC(=O)NCc2ccccc2C)cc1OC. The summed E-state index contributed by atoms with van der Waals surface area (Å²) in [5.41, 5.74) is 2.25. The van der Waals surface area contributed by atoms with Crippen LogP contribution in [0, 0.1) is 6.92 Å². The van der Waals surface area contributed by atoms with Gasteiger partial charge in [-0.05, 0) is 37.1 Å². The number of methoxy groups -OCH3 is 1. The summed E-state index contributed by atoms with van der Waals surface area (Å²) in [5, 5.41) is 2.95. The van der Waals surface area contributed by atoms with Gasteiger partial charge in [0, 0.05) is 6.54 Å². The molecule has 0 aliphatic heterocycles. The van der Waals surface area contributed by atoms with Crippen LogP contribution < -0.4 is 14.8 Å². The van der Waals surface area contributed by atoms with Crippen LogP contribution >= 0.6 is 11.6 Å². The van der Waals surface area contributed by atoms with Gasteiger partial charge in [-0.1, -0.05) is 35.9 Å². The lowest BCUT2D eigenvalue weighted by molar-refractivity contribution is -0.124. The molecule has 0 fully saturated rings. The average Bonchev–Trinajstić information content (AvgIpc) is 2.66. The highest BCUT2D eigenvalue weighted by atomic mass is 35.5. The van der Waals surface area contributed by atoms with E-state index < -0.39 is 18.5 Å². The second-order valence-electron chi connectivity index (χ2n) is 5.70. The molecule has 27 heavy (non-hydrogen) atoms. The van der Waals surface area contributed by atoms with Crippen LogP contribution in [0.4, 0.5) is 0 Å². The number of carbonyl (C=O) groups is 2. The number of amides is 1. The second kappa shape index (κ2) is 9.83. The minimum Gasteiger partial charge on any atom is -0.493 e. The first-order valence-corrected chi connectivity index (χ1v) is 8.82. The van der Waals surface area contributed by atoms with E-state index in [1.807, 2.05) is 38.1 Å². The normalized spacial score (nSPS) is 10.2. The van der Waals surface area contributed by atoms with E-state index in [4.69, 9.17) is 25.8 Å². The summed E-state index contributed by atoms with van der Waals surface area (Å²) in [6.07, 6.45) is 0. The van der Waals surface area contributed by atoms with Gasteiger partial charge in [0.15, 0.2) is 18.1 Å². The van der Waals surface area contributed by atoms with Crippen LogP contribution in [0.5, 0.6) is 11.5 Å². The van der Waals surface area contributed by atoms with Gasteiger partial charge in [0.25, 0.3) is 5.91 Å². The molecule has 144 valence electrons. The van der Waals surface area contributed by atoms with Gasteiger partial charge in [-0.25, -0.2) is 4.79 Å². The van der Waals surface area contributed by atoms with E-state index in [0.717, 1.165) is 11.1 Å². The predicted molar refractivity (Wildman–Crippen MR) is 102 cm³/mol. The maximum absolute atomic E-state index is 12.2. The molecule has 0 aromatic heterocycles. The van der Waals surface area contributed by atoms with E-state index in [0.29, 0.717) is 24.7 Å². The zero-order chi connectivity index (χ0) is 19.8. The third-order valence-electron chi connectivity index (χ3n) is 3.83. The summed E-state index contributed by atoms with van der Waals surface area (Å²) in [6.45, 7) is 4.16. The lowest BCUT2D eigenvalue weighted by atomic mass is 10.1. The lowest BCUT2D eigenvalue weighted by Gasteiger charge is -2.13. The third-order valence-corrected chi connectivity index (χ3v) is 4.11. The molecule has 2 aromatic carbocycles. The largest absolute Gasteiger partial charge is 0.493 e. The van der Waals surface area contributed by atoms with Gasteiger partial charge in [-0.15, -0.1) is 0 Å². The van der Waals surface area contributed by atoms with Gasteiger partial charge in [0.1, 0.15) is 0 Å². The smallest absolute Gasteiger partial charge is 0.338 e. The number of nitrogens with one attached hydrogen (secondary N) is 1. The minimum absolute atomic E-state index is 0.173. The molecule has 0 bridgehead atoms. The van der Waals surface area contributed by atoms with E-state index in [2.05, 4.69) is 5.32 Å². The van der Waals surface area contributed by atoms with Crippen LogP contribution in [0.15, 0.2) is 36.4 Å². The van der Waals surface area contributed by atoms with Crippen molar-refractivity contribution < 1.29 is 23.8 Å². The third kappa shape index (κ3) is 5.62. The minimum atomic E-state index is -0.677. The fraction of sp³-hybridized carbons (Fsp3) is 0.300. The maximum Gasteiger partial charge on any atom is 0.338 e. The maximum atomic E-state index is 12.2. The van der Waals surface area contributed by atoms with Crippen molar-refractivity contribution in [2.75, 3.05) is 20.3 Å². The van der Waals surface area contributed by atoms with Crippen molar-refractivity contribution >= 4 is 23.5 Å². The summed E-state index contributed by atoms with van der Waals surface area (Å²) in [5.74, 6) is -0.394. The Kier molecular flexibility index (Phi) is 7.49. The van der Waals surface area contributed by atoms with E-state index in [1.165, 1.54) is 19.2 Å². The Morgan fingerprint density at radius 1 is 1.19 bits per heavy atom. The molecule has 0 unspecified atom stereocenters. The van der Waals surface area contributed by atoms with Crippen LogP contribution in [0.1, 0.15) is 28.4 Å². The summed E-state index contributed by atoms with van der Waals surface area (Å²) < 4.78 is 15.7. The van der Waals surface area contributed by atoms with Gasteiger partial charge in [0.2, 0.25) is 0 Å². The summed E-state index contributed by atoms with van der Waals surface area (Å²) in [7, 11) is 1.45. The summed E-state index contributed by atoms with van der Waals surface area (Å²) in [4.78, 5) is 24.1. The van der Waals surface area contributed by atoms with Crippen molar-refractivity contribution in [3.05, 3.63) is 58.1 Å². The molecule has 6 nitrogen and oxygen atoms in total. The van der Waals surface area contributed by atoms with Crippen molar-refractivity contribution in [3.63, 3.8) is 0 Å². The van der Waals surface area contributed by atoms with Crippen molar-refractivity contribution in [1.29, 1.82) is 0 Å². The van der Waals surface area contributed by atoms with Crippen LogP contribution in [0.3, 0.4) is 0 Å². The van der Waals surface area contributed by atoms with Gasteiger partial charge < -0.3 is 19.5 Å². The fourth-order valence-electron chi connectivity index (χ4n) is 2.39. The van der Waals surface area contributed by atoms with Crippen LogP contribution in [0.2, 0.25) is 5.02 Å². The highest BCUT2D eigenvalue weighted by molar-refractivity contribution is 6.32. The molecule has 0 spiro atoms. The summed E-state index contributed by atoms with van der Waals surface area (Å²) in [6, 6.07) is 10.6. The Bertz CT molecular complexity index is 822. The van der Waals surface area contributed by atoms with Gasteiger partial charge in [-0.2, -0.15) is 0 Å². The van der Waals surface area contributed by atoms with Gasteiger partial charge in [0.05, 0.1) is 24.3 Å². The summed E-state index contributed by atoms with van der Waals surface area (Å²) >= 11 is 6.14. The van der Waals surface area contributed by atoms with Crippen molar-refractivity contribution in [2.24, 2.45) is 0 Å². The van der Waals surface area contributed by atoms with E-state index >= 15 is 0 Å². The van der Waals surface area contributed by atoms with E-state index in [-0.39, 0.29) is 10.6 Å². The molecular weight excluding hydrogens is 370 g/mol. The molecule has 0 saturated heterocycles. The first kappa shape index (κ1) is 20.6. The molecule has 1 amide bonds. The van der Waals surface area contributed by atoms with Crippen LogP contribution in [-0.2, 0) is 16.1 Å². The zero-order valence-corrected chi connectivity index (χ0v) is 16.3. The highest BCUT2D eigenvalue weighted by Crippen LogP contribution is 2.36. The average molecular weight is 392 g/mol. The molecule has 0 saturated carbocycles. The molecule has 2 aromatic rings. The number of carbonyl (C=O) groups excluding carboxylic acids is 2. The number of rotatable bonds is 8. The number of halogens is 1. The molecule has 0 radical (unpaired) electrons. The van der Waals surface area contributed by atoms with Crippen LogP contribution in [-0.4, -0.2) is 32.2 Å². The molecule has 1 N–H and O–H groups in total. The Labute approximate surface area is 163 Å². The number of ether oxygens (including phenoxy) is 3. The standard InChI is InChI=1S/C20H22ClNO5/c1-4-26-19-16(21)9-15(10-17(19)25-3)20(24)27-12-18(23)22-11-14-8-6-5-7-13(14)2/h5-10H,4,11-12H2,1-3H3,(H,22,23). The zero-order valence-electron chi connectivity index (χ0n) is 15.5. The Morgan fingerprint density at radius 2 is 1.93 bits per heavy atom. The lowest BCUT2D eigenvalue weighted by Crippen LogP contribution is -2.28. The quantitative estimate of drug-likeness (QED) is 0.697. The molecule has 2 rings (SSSR count). The highest BCUT2D eigenvalue weighted by Gasteiger charge is 2.17. The number of benzene rings is 2. The molecule has 0 atom stereocenters. The Morgan fingerprint density at radius 3 is 2.59 bits per heavy atom. The molecule has 0 aliphatic carbocycles. The first-order valence-electron chi connectivity index (χ1n) is 8.45. The predicted octanol–water partition coefficient (Wildman–Crippen LogP) is 3.53. The molecular formula is C20H22ClNO5. The fourth-order valence-corrected chi connectivity index (χ4v) is 2.66. The first-order chi connectivity index (χ1) is 13.0. The Hall–Kier alpha value is -2.73. The van der Waals surface area contributed by atoms with Crippen molar-refractivity contribution in [1.82, 2.24) is 5.32 Å². The monoisotopic (exact) mass is 391 g/mol. The number of aryl methyl sites for hydroxylation is 1. The van der Waals surface area contributed by atoms with E-state index in [9.17, 15) is 9.59 Å². The number of esters is 1. The number of hydrogen-bond donors (Lipinski definition) is 1. The molecule has 7 heteroatoms. The molecule has 0 aliphatic rings. The van der Waals surface area contributed by atoms with Gasteiger partial charge >= 0.3 is 5.97 Å². The van der Waals surface area contributed by atoms with Crippen molar-refractivity contribution in [2.45, 2.75) is 20.4 Å². The van der Waals surface area contributed by atoms with Crippen molar-refractivity contribution in [3.8, 4) is 11.5 Å². The van der Waals surface area contributed by atoms with E-state index in [1.54, 1.807) is 0 Å². The van der Waals surface area contributed by atoms with Crippen LogP contribution in [0.25, 0.3) is 0 Å².